The Morgan fingerprint density at radius 2 is 1.02 bits per heavy atom. The Balaban J connectivity index is 1.24. The summed E-state index contributed by atoms with van der Waals surface area (Å²) < 4.78 is 0. The minimum absolute atomic E-state index is 0.0191. The number of benzene rings is 7. The van der Waals surface area contributed by atoms with Crippen molar-refractivity contribution in [2.24, 2.45) is 0 Å². The molecule has 0 radical (unpaired) electrons. The van der Waals surface area contributed by atoms with E-state index in [0.29, 0.717) is 0 Å². The summed E-state index contributed by atoms with van der Waals surface area (Å²) in [7, 11) is 0. The van der Waals surface area contributed by atoms with Crippen LogP contribution in [0.4, 0.5) is 51.4 Å². The van der Waals surface area contributed by atoms with Crippen molar-refractivity contribution < 1.29 is 0 Å². The second kappa shape index (κ2) is 14.5. The van der Waals surface area contributed by atoms with Gasteiger partial charge in [0.15, 0.2) is 0 Å². The van der Waals surface area contributed by atoms with Crippen molar-refractivity contribution in [2.75, 3.05) is 14.7 Å². The molecule has 0 spiro atoms. The van der Waals surface area contributed by atoms with Gasteiger partial charge in [0.1, 0.15) is 11.6 Å². The zero-order valence-electron chi connectivity index (χ0n) is 35.3. The number of hydrogen-bond donors (Lipinski definition) is 0. The number of pyridine rings is 1. The third kappa shape index (κ3) is 6.37. The van der Waals surface area contributed by atoms with E-state index >= 15 is 0 Å². The van der Waals surface area contributed by atoms with E-state index in [2.05, 4.69) is 244 Å². The lowest BCUT2D eigenvalue weighted by atomic mass is 9.33. The molecule has 0 unspecified atom stereocenters. The van der Waals surface area contributed by atoms with Crippen molar-refractivity contribution in [3.05, 3.63) is 199 Å². The number of aromatic nitrogens is 1. The molecule has 3 heterocycles. The average molecular weight is 777 g/mol. The highest BCUT2D eigenvalue weighted by atomic mass is 15.3. The second-order valence-corrected chi connectivity index (χ2v) is 18.1. The number of fused-ring (bicyclic) bond motifs is 4. The Morgan fingerprint density at radius 1 is 0.467 bits per heavy atom. The van der Waals surface area contributed by atoms with Crippen LogP contribution in [0.1, 0.15) is 52.7 Å². The lowest BCUT2D eigenvalue weighted by molar-refractivity contribution is 0.590. The molecule has 292 valence electrons. The predicted molar refractivity (Wildman–Crippen MR) is 256 cm³/mol. The maximum atomic E-state index is 5.84. The van der Waals surface area contributed by atoms with Crippen LogP contribution in [0.2, 0.25) is 0 Å². The van der Waals surface area contributed by atoms with E-state index in [1.54, 1.807) is 0 Å². The van der Waals surface area contributed by atoms with Crippen molar-refractivity contribution in [1.29, 1.82) is 0 Å². The van der Waals surface area contributed by atoms with Gasteiger partial charge in [-0.2, -0.15) is 0 Å². The first-order valence-corrected chi connectivity index (χ1v) is 21.1. The summed E-state index contributed by atoms with van der Waals surface area (Å²) in [5.41, 5.74) is 16.5. The first kappa shape index (κ1) is 37.4. The van der Waals surface area contributed by atoms with Gasteiger partial charge in [-0.15, -0.1) is 0 Å². The molecule has 0 fully saturated rings. The molecule has 2 aliphatic heterocycles. The molecule has 10 rings (SSSR count). The Kier molecular flexibility index (Phi) is 9.02. The lowest BCUT2D eigenvalue weighted by Gasteiger charge is -2.43. The van der Waals surface area contributed by atoms with Crippen LogP contribution in [0.25, 0.3) is 11.1 Å². The minimum atomic E-state index is -0.0277. The lowest BCUT2D eigenvalue weighted by Crippen LogP contribution is -2.61. The average Bonchev–Trinajstić information content (AvgIpc) is 3.27. The SMILES string of the molecule is CC(C)(C)c1ccc(N(c2ccc3c(n2)N(c2ccccc2)c2cccc4c2B3c2ccccc2N4c2ccccc2)c2ccc(C(C)(C)C)cc2-c2ccccc2)cc1. The molecular weight excluding hydrogens is 727 g/mol. The van der Waals surface area contributed by atoms with Crippen LogP contribution in [-0.2, 0) is 10.8 Å². The predicted octanol–water partition coefficient (Wildman–Crippen LogP) is 12.9. The molecule has 0 saturated heterocycles. The Bertz CT molecular complexity index is 2840. The Morgan fingerprint density at radius 3 is 1.67 bits per heavy atom. The van der Waals surface area contributed by atoms with Crippen LogP contribution < -0.4 is 31.1 Å². The maximum Gasteiger partial charge on any atom is 0.254 e. The van der Waals surface area contributed by atoms with E-state index in [-0.39, 0.29) is 17.5 Å². The highest BCUT2D eigenvalue weighted by Gasteiger charge is 2.44. The quantitative estimate of drug-likeness (QED) is 0.157. The topological polar surface area (TPSA) is 22.6 Å². The van der Waals surface area contributed by atoms with Crippen molar-refractivity contribution in [2.45, 2.75) is 52.4 Å². The van der Waals surface area contributed by atoms with E-state index in [1.165, 1.54) is 50.0 Å². The molecule has 0 saturated carbocycles. The van der Waals surface area contributed by atoms with Crippen LogP contribution in [0.5, 0.6) is 0 Å². The molecule has 2 aliphatic rings. The van der Waals surface area contributed by atoms with Crippen LogP contribution in [-0.4, -0.2) is 11.7 Å². The van der Waals surface area contributed by atoms with E-state index in [9.17, 15) is 0 Å². The Hall–Kier alpha value is -6.85. The van der Waals surface area contributed by atoms with Gasteiger partial charge in [0, 0.05) is 39.7 Å². The molecule has 4 nitrogen and oxygen atoms in total. The number of rotatable bonds is 6. The maximum absolute atomic E-state index is 5.84. The fraction of sp³-hybridized carbons (Fsp3) is 0.145. The third-order valence-corrected chi connectivity index (χ3v) is 12.2. The van der Waals surface area contributed by atoms with E-state index in [1.807, 2.05) is 0 Å². The van der Waals surface area contributed by atoms with Gasteiger partial charge in [-0.1, -0.05) is 157 Å². The van der Waals surface area contributed by atoms with E-state index < -0.39 is 0 Å². The monoisotopic (exact) mass is 776 g/mol. The standard InChI is InChI=1S/C55H49BN4/c1-54(2,3)39-29-32-43(33-30-39)59(47-35-31-40(55(4,5)6)37-44(47)38-19-10-7-11-20-38)51-36-34-46-53(57-51)60(42-23-14-9-15-24-42)50-28-18-27-49-52(50)56(46)45-25-16-17-26-48(45)58(49)41-21-12-8-13-22-41/h7-37H,1-6H3. The van der Waals surface area contributed by atoms with Gasteiger partial charge in [0.2, 0.25) is 0 Å². The van der Waals surface area contributed by atoms with Gasteiger partial charge in [-0.3, -0.25) is 9.80 Å². The molecular formula is C55H49BN4. The zero-order valence-corrected chi connectivity index (χ0v) is 35.3. The van der Waals surface area contributed by atoms with Crippen LogP contribution >= 0.6 is 0 Å². The summed E-state index contributed by atoms with van der Waals surface area (Å²) in [5, 5.41) is 0. The Labute approximate surface area is 355 Å². The number of nitrogens with zero attached hydrogens (tertiary/aromatic N) is 4. The van der Waals surface area contributed by atoms with Gasteiger partial charge in [-0.05, 0) is 117 Å². The molecule has 0 bridgehead atoms. The summed E-state index contributed by atoms with van der Waals surface area (Å²) >= 11 is 0. The molecule has 0 N–H and O–H groups in total. The van der Waals surface area contributed by atoms with Crippen LogP contribution in [0.3, 0.4) is 0 Å². The smallest absolute Gasteiger partial charge is 0.254 e. The van der Waals surface area contributed by atoms with Crippen molar-refractivity contribution >= 4 is 74.5 Å². The van der Waals surface area contributed by atoms with E-state index in [4.69, 9.17) is 4.98 Å². The third-order valence-electron chi connectivity index (χ3n) is 12.2. The highest BCUT2D eigenvalue weighted by molar-refractivity contribution is 7.00. The van der Waals surface area contributed by atoms with Crippen molar-refractivity contribution in [3.8, 4) is 11.1 Å². The van der Waals surface area contributed by atoms with Crippen molar-refractivity contribution in [1.82, 2.24) is 4.98 Å². The molecule has 60 heavy (non-hydrogen) atoms. The first-order chi connectivity index (χ1) is 29.1. The highest BCUT2D eigenvalue weighted by Crippen LogP contribution is 2.46. The summed E-state index contributed by atoms with van der Waals surface area (Å²) in [6.07, 6.45) is 0. The molecule has 0 atom stereocenters. The largest absolute Gasteiger partial charge is 0.311 e. The molecule has 8 aromatic rings. The fourth-order valence-corrected chi connectivity index (χ4v) is 9.11. The summed E-state index contributed by atoms with van der Waals surface area (Å²) in [4.78, 5) is 13.0. The second-order valence-electron chi connectivity index (χ2n) is 18.1. The molecule has 0 aliphatic carbocycles. The molecule has 0 amide bonds. The molecule has 1 aromatic heterocycles. The van der Waals surface area contributed by atoms with Crippen molar-refractivity contribution in [3.63, 3.8) is 0 Å². The molecule has 7 aromatic carbocycles. The van der Waals surface area contributed by atoms with Gasteiger partial charge in [-0.25, -0.2) is 4.98 Å². The zero-order chi connectivity index (χ0) is 41.2. The molecule has 5 heteroatoms. The summed E-state index contributed by atoms with van der Waals surface area (Å²) in [6.45, 7) is 13.7. The van der Waals surface area contributed by atoms with Gasteiger partial charge in [0.25, 0.3) is 6.71 Å². The van der Waals surface area contributed by atoms with E-state index in [0.717, 1.165) is 40.1 Å². The number of para-hydroxylation sites is 3. The van der Waals surface area contributed by atoms with Gasteiger partial charge < -0.3 is 4.90 Å². The van der Waals surface area contributed by atoms with Gasteiger partial charge in [0.05, 0.1) is 5.69 Å². The fourth-order valence-electron chi connectivity index (χ4n) is 9.11. The first-order valence-electron chi connectivity index (χ1n) is 21.1. The summed E-state index contributed by atoms with van der Waals surface area (Å²) in [6, 6.07) is 68.6. The summed E-state index contributed by atoms with van der Waals surface area (Å²) in [5.74, 6) is 1.79. The number of hydrogen-bond acceptors (Lipinski definition) is 4. The van der Waals surface area contributed by atoms with Crippen LogP contribution in [0.15, 0.2) is 188 Å². The van der Waals surface area contributed by atoms with Crippen LogP contribution in [0, 0.1) is 0 Å². The minimum Gasteiger partial charge on any atom is -0.311 e. The van der Waals surface area contributed by atoms with Gasteiger partial charge >= 0.3 is 0 Å². The normalized spacial score (nSPS) is 13.1. The number of anilines is 9.